The van der Waals surface area contributed by atoms with Gasteiger partial charge in [0.15, 0.2) is 11.8 Å². The molecule has 2 aromatic carbocycles. The highest BCUT2D eigenvalue weighted by molar-refractivity contribution is 5.80. The molecule has 29 heavy (non-hydrogen) atoms. The SMILES string of the molecule is Cc1nnc(CN=C(NCC(C)c2ccccc2)NC(C)c2ccccc2)n1C. The molecular weight excluding hydrogens is 360 g/mol. The lowest BCUT2D eigenvalue weighted by atomic mass is 10.0. The average Bonchev–Trinajstić information content (AvgIpc) is 3.08. The van der Waals surface area contributed by atoms with E-state index < -0.39 is 0 Å². The van der Waals surface area contributed by atoms with E-state index in [1.807, 2.05) is 30.7 Å². The zero-order chi connectivity index (χ0) is 20.6. The highest BCUT2D eigenvalue weighted by atomic mass is 15.3. The summed E-state index contributed by atoms with van der Waals surface area (Å²) >= 11 is 0. The first-order valence-corrected chi connectivity index (χ1v) is 10.0. The molecule has 3 aromatic rings. The number of benzene rings is 2. The lowest BCUT2D eigenvalue weighted by molar-refractivity contribution is 0.651. The molecule has 0 radical (unpaired) electrons. The molecule has 1 heterocycles. The largest absolute Gasteiger partial charge is 0.356 e. The lowest BCUT2D eigenvalue weighted by Gasteiger charge is -2.21. The molecule has 3 rings (SSSR count). The van der Waals surface area contributed by atoms with Crippen LogP contribution in [0.2, 0.25) is 0 Å². The Morgan fingerprint density at radius 3 is 2.17 bits per heavy atom. The van der Waals surface area contributed by atoms with Crippen LogP contribution in [0.5, 0.6) is 0 Å². The van der Waals surface area contributed by atoms with E-state index in [9.17, 15) is 0 Å². The van der Waals surface area contributed by atoms with Crippen molar-refractivity contribution in [1.29, 1.82) is 0 Å². The molecule has 0 aliphatic carbocycles. The number of hydrogen-bond acceptors (Lipinski definition) is 3. The third-order valence-electron chi connectivity index (χ3n) is 5.16. The van der Waals surface area contributed by atoms with Crippen molar-refractivity contribution in [3.05, 3.63) is 83.4 Å². The molecule has 0 bridgehead atoms. The second-order valence-corrected chi connectivity index (χ2v) is 7.36. The van der Waals surface area contributed by atoms with E-state index in [0.29, 0.717) is 12.5 Å². The Morgan fingerprint density at radius 2 is 1.59 bits per heavy atom. The van der Waals surface area contributed by atoms with Gasteiger partial charge >= 0.3 is 0 Å². The number of hydrogen-bond donors (Lipinski definition) is 2. The number of nitrogens with zero attached hydrogens (tertiary/aromatic N) is 4. The van der Waals surface area contributed by atoms with E-state index >= 15 is 0 Å². The number of nitrogens with one attached hydrogen (secondary N) is 2. The van der Waals surface area contributed by atoms with Crippen LogP contribution in [0.25, 0.3) is 0 Å². The molecule has 0 aliphatic rings. The van der Waals surface area contributed by atoms with Crippen LogP contribution in [-0.4, -0.2) is 27.3 Å². The van der Waals surface area contributed by atoms with Crippen molar-refractivity contribution >= 4 is 5.96 Å². The minimum atomic E-state index is 0.135. The van der Waals surface area contributed by atoms with Crippen molar-refractivity contribution in [3.8, 4) is 0 Å². The third kappa shape index (κ3) is 5.67. The summed E-state index contributed by atoms with van der Waals surface area (Å²) in [6.07, 6.45) is 0. The monoisotopic (exact) mass is 390 g/mol. The fraction of sp³-hybridized carbons (Fsp3) is 0.348. The van der Waals surface area contributed by atoms with Crippen molar-refractivity contribution in [2.24, 2.45) is 12.0 Å². The van der Waals surface area contributed by atoms with Gasteiger partial charge < -0.3 is 15.2 Å². The van der Waals surface area contributed by atoms with Gasteiger partial charge in [0.05, 0.1) is 6.04 Å². The van der Waals surface area contributed by atoms with Gasteiger partial charge in [-0.3, -0.25) is 0 Å². The van der Waals surface area contributed by atoms with Gasteiger partial charge in [0.2, 0.25) is 0 Å². The van der Waals surface area contributed by atoms with Gasteiger partial charge in [-0.2, -0.15) is 0 Å². The Labute approximate surface area is 173 Å². The molecular formula is C23H30N6. The zero-order valence-electron chi connectivity index (χ0n) is 17.6. The molecule has 2 N–H and O–H groups in total. The fourth-order valence-electron chi connectivity index (χ4n) is 3.07. The zero-order valence-corrected chi connectivity index (χ0v) is 17.6. The molecule has 6 heteroatoms. The Balaban J connectivity index is 1.71. The predicted octanol–water partition coefficient (Wildman–Crippen LogP) is 3.72. The van der Waals surface area contributed by atoms with E-state index in [1.165, 1.54) is 11.1 Å². The molecule has 2 atom stereocenters. The van der Waals surface area contributed by atoms with Gasteiger partial charge in [-0.1, -0.05) is 67.6 Å². The first kappa shape index (κ1) is 20.6. The van der Waals surface area contributed by atoms with Gasteiger partial charge in [0.25, 0.3) is 0 Å². The Morgan fingerprint density at radius 1 is 0.966 bits per heavy atom. The Kier molecular flexibility index (Phi) is 7.00. The van der Waals surface area contributed by atoms with E-state index in [0.717, 1.165) is 24.2 Å². The molecule has 0 spiro atoms. The normalized spacial score (nSPS) is 13.7. The lowest BCUT2D eigenvalue weighted by Crippen LogP contribution is -2.40. The van der Waals surface area contributed by atoms with Gasteiger partial charge in [0.1, 0.15) is 12.4 Å². The summed E-state index contributed by atoms with van der Waals surface area (Å²) in [6, 6.07) is 21.0. The minimum Gasteiger partial charge on any atom is -0.356 e. The third-order valence-corrected chi connectivity index (χ3v) is 5.16. The molecule has 0 fully saturated rings. The quantitative estimate of drug-likeness (QED) is 0.477. The van der Waals surface area contributed by atoms with Gasteiger partial charge in [-0.25, -0.2) is 4.99 Å². The summed E-state index contributed by atoms with van der Waals surface area (Å²) in [4.78, 5) is 4.77. The van der Waals surface area contributed by atoms with Crippen LogP contribution < -0.4 is 10.6 Å². The summed E-state index contributed by atoms with van der Waals surface area (Å²) in [5.74, 6) is 2.86. The summed E-state index contributed by atoms with van der Waals surface area (Å²) in [5, 5.41) is 15.4. The van der Waals surface area contributed by atoms with Gasteiger partial charge in [-0.15, -0.1) is 10.2 Å². The van der Waals surface area contributed by atoms with E-state index in [1.54, 1.807) is 0 Å². The van der Waals surface area contributed by atoms with E-state index in [-0.39, 0.29) is 6.04 Å². The van der Waals surface area contributed by atoms with E-state index in [4.69, 9.17) is 4.99 Å². The maximum Gasteiger partial charge on any atom is 0.192 e. The van der Waals surface area contributed by atoms with Crippen molar-refractivity contribution in [2.75, 3.05) is 6.54 Å². The van der Waals surface area contributed by atoms with Gasteiger partial charge in [-0.05, 0) is 30.9 Å². The van der Waals surface area contributed by atoms with Crippen LogP contribution in [0.1, 0.15) is 48.6 Å². The summed E-state index contributed by atoms with van der Waals surface area (Å²) in [7, 11) is 1.96. The van der Waals surface area contributed by atoms with Crippen LogP contribution in [0.3, 0.4) is 0 Å². The molecule has 6 nitrogen and oxygen atoms in total. The second-order valence-electron chi connectivity index (χ2n) is 7.36. The first-order chi connectivity index (χ1) is 14.0. The van der Waals surface area contributed by atoms with Crippen molar-refractivity contribution < 1.29 is 0 Å². The predicted molar refractivity (Wildman–Crippen MR) is 118 cm³/mol. The average molecular weight is 391 g/mol. The molecule has 2 unspecified atom stereocenters. The fourth-order valence-corrected chi connectivity index (χ4v) is 3.07. The smallest absolute Gasteiger partial charge is 0.192 e. The van der Waals surface area contributed by atoms with E-state index in [2.05, 4.69) is 83.2 Å². The minimum absolute atomic E-state index is 0.135. The topological polar surface area (TPSA) is 67.1 Å². The number of guanidine groups is 1. The second kappa shape index (κ2) is 9.87. The van der Waals surface area contributed by atoms with Crippen molar-refractivity contribution in [1.82, 2.24) is 25.4 Å². The number of aryl methyl sites for hydroxylation is 1. The summed E-state index contributed by atoms with van der Waals surface area (Å²) in [5.41, 5.74) is 2.52. The maximum absolute atomic E-state index is 4.77. The van der Waals surface area contributed by atoms with Gasteiger partial charge in [0, 0.05) is 13.6 Å². The first-order valence-electron chi connectivity index (χ1n) is 10.0. The van der Waals surface area contributed by atoms with Crippen LogP contribution in [0.15, 0.2) is 65.7 Å². The van der Waals surface area contributed by atoms with Crippen LogP contribution in [0.4, 0.5) is 0 Å². The highest BCUT2D eigenvalue weighted by Gasteiger charge is 2.11. The Bertz CT molecular complexity index is 917. The molecule has 1 aromatic heterocycles. The molecule has 152 valence electrons. The van der Waals surface area contributed by atoms with Crippen LogP contribution in [0, 0.1) is 6.92 Å². The summed E-state index contributed by atoms with van der Waals surface area (Å²) in [6.45, 7) is 7.55. The molecule has 0 amide bonds. The van der Waals surface area contributed by atoms with Crippen molar-refractivity contribution in [2.45, 2.75) is 39.3 Å². The molecule has 0 saturated carbocycles. The molecule has 0 saturated heterocycles. The van der Waals surface area contributed by atoms with Crippen LogP contribution in [-0.2, 0) is 13.6 Å². The number of aromatic nitrogens is 3. The number of aliphatic imine (C=N–C) groups is 1. The summed E-state index contributed by atoms with van der Waals surface area (Å²) < 4.78 is 1.97. The molecule has 0 aliphatic heterocycles. The van der Waals surface area contributed by atoms with Crippen LogP contribution >= 0.6 is 0 Å². The standard InChI is InChI=1S/C23H30N6/c1-17(20-11-7-5-8-12-20)15-24-23(25-16-22-28-27-19(3)29(22)4)26-18(2)21-13-9-6-10-14-21/h5-14,17-18H,15-16H2,1-4H3,(H2,24,25,26). The highest BCUT2D eigenvalue weighted by Crippen LogP contribution is 2.14. The maximum atomic E-state index is 4.77. The Hall–Kier alpha value is -3.15. The number of rotatable bonds is 7. The van der Waals surface area contributed by atoms with Crippen molar-refractivity contribution in [3.63, 3.8) is 0 Å².